The van der Waals surface area contributed by atoms with E-state index in [0.717, 1.165) is 24.9 Å². The van der Waals surface area contributed by atoms with Crippen molar-refractivity contribution in [3.8, 4) is 6.07 Å². The molecule has 13 heavy (non-hydrogen) atoms. The Morgan fingerprint density at radius 3 is 3.08 bits per heavy atom. The Labute approximate surface area is 76.0 Å². The highest BCUT2D eigenvalue weighted by atomic mass is 19.1. The molecular formula is C10H9FN2. The van der Waals surface area contributed by atoms with Crippen LogP contribution in [0.3, 0.4) is 0 Å². The lowest BCUT2D eigenvalue weighted by Crippen LogP contribution is -2.13. The number of fused-ring (bicyclic) bond motifs is 1. The van der Waals surface area contributed by atoms with Crippen molar-refractivity contribution in [1.29, 1.82) is 5.26 Å². The van der Waals surface area contributed by atoms with E-state index in [-0.39, 0.29) is 5.56 Å². The Morgan fingerprint density at radius 1 is 1.46 bits per heavy atom. The van der Waals surface area contributed by atoms with Gasteiger partial charge in [-0.05, 0) is 24.5 Å². The molecule has 0 bridgehead atoms. The summed E-state index contributed by atoms with van der Waals surface area (Å²) in [7, 11) is 0. The van der Waals surface area contributed by atoms with E-state index in [1.165, 1.54) is 6.07 Å². The third-order valence-corrected chi connectivity index (χ3v) is 2.28. The van der Waals surface area contributed by atoms with Gasteiger partial charge in [-0.3, -0.25) is 0 Å². The van der Waals surface area contributed by atoms with Gasteiger partial charge in [0.1, 0.15) is 17.4 Å². The number of hydrogen-bond acceptors (Lipinski definition) is 2. The molecule has 1 aromatic rings. The van der Waals surface area contributed by atoms with E-state index in [0.29, 0.717) is 5.69 Å². The molecule has 0 aromatic heterocycles. The molecule has 1 heterocycles. The minimum Gasteiger partial charge on any atom is -0.384 e. The summed E-state index contributed by atoms with van der Waals surface area (Å²) in [5.41, 5.74) is 1.88. The van der Waals surface area contributed by atoms with Crippen LogP contribution in [0.5, 0.6) is 0 Å². The first-order valence-electron chi connectivity index (χ1n) is 4.28. The standard InChI is InChI=1S/C10H9FN2/c11-9-4-3-7-2-1-5-13-10(7)8(9)6-12/h3-4,13H,1-2,5H2. The van der Waals surface area contributed by atoms with Crippen LogP contribution in [0.2, 0.25) is 0 Å². The van der Waals surface area contributed by atoms with E-state index < -0.39 is 5.82 Å². The zero-order valence-corrected chi connectivity index (χ0v) is 7.10. The zero-order chi connectivity index (χ0) is 9.26. The quantitative estimate of drug-likeness (QED) is 0.656. The van der Waals surface area contributed by atoms with Gasteiger partial charge in [0.2, 0.25) is 0 Å². The van der Waals surface area contributed by atoms with Gasteiger partial charge in [0.05, 0.1) is 5.69 Å². The van der Waals surface area contributed by atoms with Crippen molar-refractivity contribution >= 4 is 5.69 Å². The molecule has 3 heteroatoms. The fraction of sp³-hybridized carbons (Fsp3) is 0.300. The second kappa shape index (κ2) is 3.06. The number of nitriles is 1. The van der Waals surface area contributed by atoms with Crippen molar-refractivity contribution in [3.05, 3.63) is 29.1 Å². The molecule has 0 fully saturated rings. The number of nitrogens with one attached hydrogen (secondary N) is 1. The topological polar surface area (TPSA) is 35.8 Å². The molecule has 0 radical (unpaired) electrons. The molecule has 2 nitrogen and oxygen atoms in total. The van der Waals surface area contributed by atoms with Crippen molar-refractivity contribution in [2.75, 3.05) is 11.9 Å². The first kappa shape index (κ1) is 8.06. The maximum atomic E-state index is 13.1. The largest absolute Gasteiger partial charge is 0.384 e. The predicted molar refractivity (Wildman–Crippen MR) is 47.9 cm³/mol. The number of aryl methyl sites for hydroxylation is 1. The summed E-state index contributed by atoms with van der Waals surface area (Å²) in [4.78, 5) is 0. The summed E-state index contributed by atoms with van der Waals surface area (Å²) in [6, 6.07) is 5.00. The van der Waals surface area contributed by atoms with Gasteiger partial charge in [-0.1, -0.05) is 6.07 Å². The fourth-order valence-corrected chi connectivity index (χ4v) is 1.63. The summed E-state index contributed by atoms with van der Waals surface area (Å²) in [5.74, 6) is -0.435. The van der Waals surface area contributed by atoms with E-state index in [9.17, 15) is 4.39 Å². The molecule has 0 saturated heterocycles. The Morgan fingerprint density at radius 2 is 2.31 bits per heavy atom. The molecule has 0 saturated carbocycles. The van der Waals surface area contributed by atoms with Crippen molar-refractivity contribution in [3.63, 3.8) is 0 Å². The van der Waals surface area contributed by atoms with Gasteiger partial charge in [-0.2, -0.15) is 5.26 Å². The number of hydrogen-bond donors (Lipinski definition) is 1. The molecular weight excluding hydrogens is 167 g/mol. The lowest BCUT2D eigenvalue weighted by Gasteiger charge is -2.18. The van der Waals surface area contributed by atoms with Gasteiger partial charge in [0.15, 0.2) is 0 Å². The van der Waals surface area contributed by atoms with Crippen LogP contribution in [-0.4, -0.2) is 6.54 Å². The second-order valence-corrected chi connectivity index (χ2v) is 3.10. The van der Waals surface area contributed by atoms with Gasteiger partial charge in [-0.25, -0.2) is 4.39 Å². The highest BCUT2D eigenvalue weighted by Gasteiger charge is 2.15. The van der Waals surface area contributed by atoms with E-state index in [4.69, 9.17) is 5.26 Å². The Hall–Kier alpha value is -1.56. The number of anilines is 1. The number of halogens is 1. The van der Waals surface area contributed by atoms with Crippen molar-refractivity contribution in [1.82, 2.24) is 0 Å². The first-order valence-corrected chi connectivity index (χ1v) is 4.28. The highest BCUT2D eigenvalue weighted by Crippen LogP contribution is 2.27. The van der Waals surface area contributed by atoms with E-state index in [1.54, 1.807) is 6.07 Å². The second-order valence-electron chi connectivity index (χ2n) is 3.10. The first-order chi connectivity index (χ1) is 6.33. The van der Waals surface area contributed by atoms with Gasteiger partial charge in [-0.15, -0.1) is 0 Å². The number of benzene rings is 1. The zero-order valence-electron chi connectivity index (χ0n) is 7.10. The minimum atomic E-state index is -0.435. The maximum Gasteiger partial charge on any atom is 0.143 e. The monoisotopic (exact) mass is 176 g/mol. The normalized spacial score (nSPS) is 14.2. The highest BCUT2D eigenvalue weighted by molar-refractivity contribution is 5.64. The third-order valence-electron chi connectivity index (χ3n) is 2.28. The molecule has 1 aliphatic rings. The van der Waals surface area contributed by atoms with Crippen molar-refractivity contribution in [2.45, 2.75) is 12.8 Å². The average molecular weight is 176 g/mol. The summed E-state index contributed by atoms with van der Waals surface area (Å²) in [6.45, 7) is 0.825. The molecule has 66 valence electrons. The van der Waals surface area contributed by atoms with Crippen LogP contribution < -0.4 is 5.32 Å². The van der Waals surface area contributed by atoms with Crippen LogP contribution >= 0.6 is 0 Å². The molecule has 0 atom stereocenters. The molecule has 1 N–H and O–H groups in total. The molecule has 0 spiro atoms. The molecule has 0 aliphatic carbocycles. The van der Waals surface area contributed by atoms with Crippen LogP contribution in [0.4, 0.5) is 10.1 Å². The Bertz CT molecular complexity index is 379. The van der Waals surface area contributed by atoms with Crippen LogP contribution in [0.15, 0.2) is 12.1 Å². The maximum absolute atomic E-state index is 13.1. The summed E-state index contributed by atoms with van der Waals surface area (Å²) in [5, 5.41) is 11.8. The summed E-state index contributed by atoms with van der Waals surface area (Å²) < 4.78 is 13.1. The molecule has 1 aromatic carbocycles. The molecule has 0 amide bonds. The fourth-order valence-electron chi connectivity index (χ4n) is 1.63. The lowest BCUT2D eigenvalue weighted by molar-refractivity contribution is 0.622. The smallest absolute Gasteiger partial charge is 0.143 e. The van der Waals surface area contributed by atoms with Gasteiger partial charge in [0.25, 0.3) is 0 Å². The van der Waals surface area contributed by atoms with Crippen molar-refractivity contribution < 1.29 is 4.39 Å². The molecule has 1 aliphatic heterocycles. The van der Waals surface area contributed by atoms with Crippen LogP contribution in [0, 0.1) is 17.1 Å². The van der Waals surface area contributed by atoms with Gasteiger partial charge in [0, 0.05) is 6.54 Å². The van der Waals surface area contributed by atoms with E-state index in [2.05, 4.69) is 5.32 Å². The molecule has 0 unspecified atom stereocenters. The van der Waals surface area contributed by atoms with Crippen LogP contribution in [0.25, 0.3) is 0 Å². The summed E-state index contributed by atoms with van der Waals surface area (Å²) >= 11 is 0. The lowest BCUT2D eigenvalue weighted by atomic mass is 10.00. The van der Waals surface area contributed by atoms with Gasteiger partial charge < -0.3 is 5.32 Å². The number of rotatable bonds is 0. The third kappa shape index (κ3) is 1.25. The molecule has 2 rings (SSSR count). The van der Waals surface area contributed by atoms with E-state index in [1.807, 2.05) is 6.07 Å². The average Bonchev–Trinajstić information content (AvgIpc) is 2.18. The number of nitrogens with zero attached hydrogens (tertiary/aromatic N) is 1. The minimum absolute atomic E-state index is 0.150. The van der Waals surface area contributed by atoms with Gasteiger partial charge >= 0.3 is 0 Å². The van der Waals surface area contributed by atoms with Crippen molar-refractivity contribution in [2.24, 2.45) is 0 Å². The predicted octanol–water partition coefficient (Wildman–Crippen LogP) is 2.06. The SMILES string of the molecule is N#Cc1c(F)ccc2c1NCCC2. The summed E-state index contributed by atoms with van der Waals surface area (Å²) in [6.07, 6.45) is 1.97. The van der Waals surface area contributed by atoms with E-state index >= 15 is 0 Å². The Kier molecular flexibility index (Phi) is 1.90. The van der Waals surface area contributed by atoms with Crippen LogP contribution in [-0.2, 0) is 6.42 Å². The van der Waals surface area contributed by atoms with Crippen LogP contribution in [0.1, 0.15) is 17.5 Å². The Balaban J connectivity index is 2.60.